The zero-order valence-corrected chi connectivity index (χ0v) is 13.2. The molecule has 1 atom stereocenters. The number of aryl methyl sites for hydroxylation is 1. The summed E-state index contributed by atoms with van der Waals surface area (Å²) in [7, 11) is 0. The summed E-state index contributed by atoms with van der Waals surface area (Å²) in [5.74, 6) is -0.380. The van der Waals surface area contributed by atoms with Crippen molar-refractivity contribution >= 4 is 44.6 Å². The highest BCUT2D eigenvalue weighted by Gasteiger charge is 2.22. The van der Waals surface area contributed by atoms with Crippen LogP contribution in [0.3, 0.4) is 0 Å². The SMILES string of the molecule is Fc1ccc(NC2CCCc3sc(Br)cc32)cc1Cl. The van der Waals surface area contributed by atoms with Crippen molar-refractivity contribution in [2.24, 2.45) is 0 Å². The zero-order chi connectivity index (χ0) is 13.4. The van der Waals surface area contributed by atoms with Gasteiger partial charge in [0.05, 0.1) is 14.9 Å². The Bertz CT molecular complexity index is 613. The molecule has 1 N–H and O–H groups in total. The third kappa shape index (κ3) is 2.81. The van der Waals surface area contributed by atoms with Crippen molar-refractivity contribution in [3.63, 3.8) is 0 Å². The molecule has 0 amide bonds. The van der Waals surface area contributed by atoms with E-state index < -0.39 is 0 Å². The fraction of sp³-hybridized carbons (Fsp3) is 0.286. The molecule has 2 aromatic rings. The van der Waals surface area contributed by atoms with Gasteiger partial charge in [0.15, 0.2) is 0 Å². The van der Waals surface area contributed by atoms with Crippen LogP contribution >= 0.6 is 38.9 Å². The molecule has 0 saturated heterocycles. The predicted octanol–water partition coefficient (Wildman–Crippen LogP) is 5.79. The van der Waals surface area contributed by atoms with E-state index in [4.69, 9.17) is 11.6 Å². The molecule has 1 aromatic heterocycles. The van der Waals surface area contributed by atoms with Crippen LogP contribution in [-0.4, -0.2) is 0 Å². The van der Waals surface area contributed by atoms with Gasteiger partial charge in [-0.15, -0.1) is 11.3 Å². The Morgan fingerprint density at radius 2 is 2.21 bits per heavy atom. The second kappa shape index (κ2) is 5.43. The number of nitrogens with one attached hydrogen (secondary N) is 1. The number of benzene rings is 1. The molecule has 0 bridgehead atoms. The Morgan fingerprint density at radius 3 is 3.00 bits per heavy atom. The van der Waals surface area contributed by atoms with Gasteiger partial charge in [-0.3, -0.25) is 0 Å². The smallest absolute Gasteiger partial charge is 0.141 e. The van der Waals surface area contributed by atoms with Crippen LogP contribution in [0.1, 0.15) is 29.3 Å². The van der Waals surface area contributed by atoms with Crippen LogP contribution in [0, 0.1) is 5.82 Å². The number of halogens is 3. The van der Waals surface area contributed by atoms with Crippen molar-refractivity contribution in [2.75, 3.05) is 5.32 Å². The van der Waals surface area contributed by atoms with Crippen LogP contribution in [-0.2, 0) is 6.42 Å². The van der Waals surface area contributed by atoms with E-state index in [9.17, 15) is 4.39 Å². The van der Waals surface area contributed by atoms with Crippen LogP contribution in [0.25, 0.3) is 0 Å². The average Bonchev–Trinajstić information content (AvgIpc) is 2.75. The summed E-state index contributed by atoms with van der Waals surface area (Å²) in [6.45, 7) is 0. The van der Waals surface area contributed by atoms with Gasteiger partial charge in [0.1, 0.15) is 5.82 Å². The van der Waals surface area contributed by atoms with Gasteiger partial charge in [-0.1, -0.05) is 11.6 Å². The van der Waals surface area contributed by atoms with Crippen molar-refractivity contribution in [3.8, 4) is 0 Å². The van der Waals surface area contributed by atoms with Crippen LogP contribution in [0.2, 0.25) is 5.02 Å². The van der Waals surface area contributed by atoms with Gasteiger partial charge in [-0.2, -0.15) is 0 Å². The molecule has 1 aliphatic rings. The number of hydrogen-bond acceptors (Lipinski definition) is 2. The van der Waals surface area contributed by atoms with Crippen LogP contribution in [0.15, 0.2) is 28.1 Å². The lowest BCUT2D eigenvalue weighted by molar-refractivity contribution is 0.607. The molecule has 0 spiro atoms. The minimum atomic E-state index is -0.380. The largest absolute Gasteiger partial charge is 0.378 e. The number of hydrogen-bond donors (Lipinski definition) is 1. The maximum absolute atomic E-state index is 13.2. The molecule has 100 valence electrons. The lowest BCUT2D eigenvalue weighted by Crippen LogP contribution is -2.15. The fourth-order valence-corrected chi connectivity index (χ4v) is 4.46. The van der Waals surface area contributed by atoms with Crippen molar-refractivity contribution in [2.45, 2.75) is 25.3 Å². The minimum absolute atomic E-state index is 0.160. The van der Waals surface area contributed by atoms with E-state index in [-0.39, 0.29) is 16.9 Å². The van der Waals surface area contributed by atoms with E-state index >= 15 is 0 Å². The molecule has 0 fully saturated rings. The van der Waals surface area contributed by atoms with Crippen molar-refractivity contribution in [1.29, 1.82) is 0 Å². The second-order valence-electron chi connectivity index (χ2n) is 4.65. The first kappa shape index (κ1) is 13.4. The summed E-state index contributed by atoms with van der Waals surface area (Å²) < 4.78 is 14.3. The molecule has 3 rings (SSSR count). The highest BCUT2D eigenvalue weighted by Crippen LogP contribution is 2.39. The number of rotatable bonds is 2. The van der Waals surface area contributed by atoms with E-state index in [1.165, 1.54) is 26.7 Å². The average molecular weight is 361 g/mol. The van der Waals surface area contributed by atoms with E-state index in [1.54, 1.807) is 23.5 Å². The first-order valence-corrected chi connectivity index (χ1v) is 8.12. The predicted molar refractivity (Wildman–Crippen MR) is 82.7 cm³/mol. The molecule has 1 aromatic carbocycles. The zero-order valence-electron chi connectivity index (χ0n) is 10.1. The Hall–Kier alpha value is -0.580. The Kier molecular flexibility index (Phi) is 3.83. The maximum Gasteiger partial charge on any atom is 0.141 e. The molecule has 1 nitrogen and oxygen atoms in total. The van der Waals surface area contributed by atoms with Crippen LogP contribution in [0.5, 0.6) is 0 Å². The Balaban J connectivity index is 1.86. The highest BCUT2D eigenvalue weighted by atomic mass is 79.9. The molecule has 1 heterocycles. The van der Waals surface area contributed by atoms with E-state index in [2.05, 4.69) is 27.3 Å². The van der Waals surface area contributed by atoms with E-state index in [0.717, 1.165) is 18.5 Å². The van der Waals surface area contributed by atoms with Crippen LogP contribution < -0.4 is 5.32 Å². The molecular weight excluding hydrogens is 349 g/mol. The minimum Gasteiger partial charge on any atom is -0.378 e. The van der Waals surface area contributed by atoms with Crippen molar-refractivity contribution in [3.05, 3.63) is 49.3 Å². The van der Waals surface area contributed by atoms with Gasteiger partial charge in [0.2, 0.25) is 0 Å². The lowest BCUT2D eigenvalue weighted by atomic mass is 9.94. The number of thiophene rings is 1. The third-order valence-corrected chi connectivity index (χ3v) is 5.35. The lowest BCUT2D eigenvalue weighted by Gasteiger charge is -2.24. The molecule has 19 heavy (non-hydrogen) atoms. The Morgan fingerprint density at radius 1 is 1.37 bits per heavy atom. The molecule has 0 aliphatic heterocycles. The number of fused-ring (bicyclic) bond motifs is 1. The van der Waals surface area contributed by atoms with Gasteiger partial charge >= 0.3 is 0 Å². The molecule has 1 unspecified atom stereocenters. The molecule has 0 radical (unpaired) electrons. The van der Waals surface area contributed by atoms with Gasteiger partial charge in [0.25, 0.3) is 0 Å². The quantitative estimate of drug-likeness (QED) is 0.714. The summed E-state index contributed by atoms with van der Waals surface area (Å²) in [6.07, 6.45) is 3.41. The van der Waals surface area contributed by atoms with E-state index in [1.807, 2.05) is 0 Å². The third-order valence-electron chi connectivity index (χ3n) is 3.34. The van der Waals surface area contributed by atoms with Gasteiger partial charge < -0.3 is 5.32 Å². The molecular formula is C14H12BrClFNS. The Labute approximate surface area is 128 Å². The summed E-state index contributed by atoms with van der Waals surface area (Å²) in [6, 6.07) is 7.25. The van der Waals surface area contributed by atoms with Crippen LogP contribution in [0.4, 0.5) is 10.1 Å². The number of anilines is 1. The maximum atomic E-state index is 13.2. The first-order chi connectivity index (χ1) is 9.13. The van der Waals surface area contributed by atoms with Crippen molar-refractivity contribution < 1.29 is 4.39 Å². The monoisotopic (exact) mass is 359 g/mol. The summed E-state index contributed by atoms with van der Waals surface area (Å²) in [5, 5.41) is 3.61. The standard InChI is InChI=1S/C14H12BrClFNS/c15-14-7-9-12(2-1-3-13(9)19-14)18-8-4-5-11(17)10(16)6-8/h4-7,12,18H,1-3H2. The second-order valence-corrected chi connectivity index (χ2v) is 7.57. The molecule has 0 saturated carbocycles. The van der Waals surface area contributed by atoms with E-state index in [0.29, 0.717) is 0 Å². The topological polar surface area (TPSA) is 12.0 Å². The fourth-order valence-electron chi connectivity index (χ4n) is 2.46. The summed E-state index contributed by atoms with van der Waals surface area (Å²) in [4.78, 5) is 1.43. The van der Waals surface area contributed by atoms with Crippen molar-refractivity contribution in [1.82, 2.24) is 0 Å². The van der Waals surface area contributed by atoms with Gasteiger partial charge in [-0.25, -0.2) is 4.39 Å². The summed E-state index contributed by atoms with van der Waals surface area (Å²) in [5.41, 5.74) is 2.22. The van der Waals surface area contributed by atoms with Gasteiger partial charge in [-0.05, 0) is 65.0 Å². The molecule has 1 aliphatic carbocycles. The normalized spacial score (nSPS) is 18.2. The molecule has 5 heteroatoms. The first-order valence-electron chi connectivity index (χ1n) is 6.13. The highest BCUT2D eigenvalue weighted by molar-refractivity contribution is 9.11. The van der Waals surface area contributed by atoms with Gasteiger partial charge in [0, 0.05) is 10.6 Å². The summed E-state index contributed by atoms with van der Waals surface area (Å²) >= 11 is 11.2.